The molecule has 2 unspecified atom stereocenters. The van der Waals surface area contributed by atoms with Gasteiger partial charge in [-0.3, -0.25) is 19.4 Å². The molecule has 88 heavy (non-hydrogen) atoms. The number of fused-ring (bicyclic) bond motifs is 7. The third-order valence-electron chi connectivity index (χ3n) is 21.4. The third kappa shape index (κ3) is 13.1. The van der Waals surface area contributed by atoms with Crippen molar-refractivity contribution in [3.8, 4) is 17.6 Å². The van der Waals surface area contributed by atoms with Crippen molar-refractivity contribution in [2.45, 2.75) is 165 Å². The fraction of sp³-hybridized carbons (Fsp3) is 0.549. The van der Waals surface area contributed by atoms with Gasteiger partial charge >= 0.3 is 13.8 Å². The molecule has 11 rings (SSSR count). The highest BCUT2D eigenvalue weighted by atomic mass is 31.2. The molecule has 4 aromatic rings. The lowest BCUT2D eigenvalue weighted by Gasteiger charge is -2.59. The predicted octanol–water partition coefficient (Wildman–Crippen LogP) is 11.6. The highest BCUT2D eigenvalue weighted by molar-refractivity contribution is 7.46. The number of phosphoric ester groups is 1. The Kier molecular flexibility index (Phi) is 19.8. The second-order valence-corrected chi connectivity index (χ2v) is 27.8. The monoisotopic (exact) mass is 1220 g/mol. The first-order chi connectivity index (χ1) is 42.5. The standard InChI is InChI=1S/C71H88N3O13P/c1-68-35-33-56(75)40-54(68)28-31-58-59-41-64-71(69(59,2)42-60(76)65(58)68,86-67(85-64)49-19-11-8-12-20-49)63(78)46-84-66(79)48-25-29-57(30-26-48)83-45-51-39-50(27-32-62(51)87-88(80,81)82)61(77)43-73-36-17-6-4-3-5-7-18-37-74-38-34-55(44-74)70(47-72,52-21-13-9-14-22-52)53-23-15-10-16-24-53/h9-10,13-16,21-27,29-30,32-33,35,39-40,49,55,58-61,64-65,67,73,76-77H,3-8,11-12,17-20,28,31,34,36-38,41-46H2,1-2H3,(H2,80,81,82)/t55?,58-,59-,60-,61?,64+,65+,67+,68-,69-,71+/m0/s1. The average molecular weight is 1220 g/mol. The normalized spacial score (nSPS) is 29.0. The number of phosphoric acid groups is 1. The fourth-order valence-corrected chi connectivity index (χ4v) is 17.4. The van der Waals surface area contributed by atoms with Gasteiger partial charge in [-0.1, -0.05) is 144 Å². The van der Waals surface area contributed by atoms with Crippen LogP contribution >= 0.6 is 7.82 Å². The Morgan fingerprint density at radius 1 is 0.886 bits per heavy atom. The lowest BCUT2D eigenvalue weighted by atomic mass is 9.46. The number of nitrogens with one attached hydrogen (secondary N) is 1. The summed E-state index contributed by atoms with van der Waals surface area (Å²) in [5, 5.41) is 37.6. The van der Waals surface area contributed by atoms with Crippen LogP contribution in [0.15, 0.2) is 127 Å². The molecule has 2 saturated heterocycles. The number of aliphatic hydroxyl groups excluding tert-OH is 2. The molecule has 0 radical (unpaired) electrons. The Balaban J connectivity index is 0.631. The van der Waals surface area contributed by atoms with E-state index in [1.165, 1.54) is 31.0 Å². The molecule has 0 bridgehead atoms. The number of esters is 1. The molecule has 11 atom stereocenters. The number of hydrogen-bond donors (Lipinski definition) is 5. The van der Waals surface area contributed by atoms with Crippen LogP contribution in [0.3, 0.4) is 0 Å². The number of hydrogen-bond acceptors (Lipinski definition) is 14. The zero-order valence-corrected chi connectivity index (χ0v) is 51.9. The van der Waals surface area contributed by atoms with E-state index in [1.54, 1.807) is 36.4 Å². The average Bonchev–Trinajstić information content (AvgIpc) is 1.49. The predicted molar refractivity (Wildman–Crippen MR) is 332 cm³/mol. The number of allylic oxidation sites excluding steroid dienone is 4. The first-order valence-electron chi connectivity index (χ1n) is 32.4. The summed E-state index contributed by atoms with van der Waals surface area (Å²) >= 11 is 0. The van der Waals surface area contributed by atoms with Crippen molar-refractivity contribution < 1.29 is 62.4 Å². The van der Waals surface area contributed by atoms with E-state index in [0.717, 1.165) is 126 Å². The van der Waals surface area contributed by atoms with Crippen molar-refractivity contribution in [3.05, 3.63) is 155 Å². The van der Waals surface area contributed by atoms with E-state index in [-0.39, 0.29) is 71.2 Å². The van der Waals surface area contributed by atoms with Crippen LogP contribution in [-0.4, -0.2) is 106 Å². The van der Waals surface area contributed by atoms with Crippen molar-refractivity contribution in [2.24, 2.45) is 40.4 Å². The Morgan fingerprint density at radius 3 is 2.27 bits per heavy atom. The number of ether oxygens (including phenoxy) is 4. The highest BCUT2D eigenvalue weighted by Crippen LogP contribution is 2.70. The van der Waals surface area contributed by atoms with Gasteiger partial charge < -0.3 is 43.9 Å². The number of carbonyl (C=O) groups excluding carboxylic acids is 3. The number of Topliss-reactive ketones (excluding diaryl/α,β-unsaturated/α-hetero) is 1. The molecule has 5 N–H and O–H groups in total. The van der Waals surface area contributed by atoms with Gasteiger partial charge in [0.05, 0.1) is 29.9 Å². The number of ketones is 2. The van der Waals surface area contributed by atoms with Crippen LogP contribution in [-0.2, 0) is 40.4 Å². The minimum Gasteiger partial charge on any atom is -0.489 e. The van der Waals surface area contributed by atoms with Crippen LogP contribution in [0.1, 0.15) is 162 Å². The van der Waals surface area contributed by atoms with E-state index < -0.39 is 66.8 Å². The minimum absolute atomic E-state index is 0.0273. The highest BCUT2D eigenvalue weighted by Gasteiger charge is 2.76. The molecule has 4 saturated carbocycles. The fourth-order valence-electron chi connectivity index (χ4n) is 17.0. The van der Waals surface area contributed by atoms with E-state index in [2.05, 4.69) is 54.4 Å². The first-order valence-corrected chi connectivity index (χ1v) is 33.9. The zero-order valence-electron chi connectivity index (χ0n) is 51.0. The number of aliphatic hydroxyl groups is 2. The molecule has 17 heteroatoms. The number of unbranched alkanes of at least 4 members (excludes halogenated alkanes) is 6. The number of nitriles is 1. The quantitative estimate of drug-likeness (QED) is 0.0223. The van der Waals surface area contributed by atoms with Gasteiger partial charge in [0.15, 0.2) is 24.3 Å². The number of rotatable bonds is 26. The smallest absolute Gasteiger partial charge is 0.489 e. The molecule has 7 aliphatic rings. The minimum atomic E-state index is -4.96. The summed E-state index contributed by atoms with van der Waals surface area (Å²) in [6, 6.07) is 34.0. The van der Waals surface area contributed by atoms with Gasteiger partial charge in [0.1, 0.15) is 23.5 Å². The van der Waals surface area contributed by atoms with Crippen LogP contribution in [0.25, 0.3) is 0 Å². The van der Waals surface area contributed by atoms with Crippen LogP contribution < -0.4 is 14.6 Å². The van der Waals surface area contributed by atoms with Crippen molar-refractivity contribution in [1.29, 1.82) is 5.26 Å². The second-order valence-electron chi connectivity index (χ2n) is 26.6. The number of benzene rings is 4. The van der Waals surface area contributed by atoms with E-state index in [0.29, 0.717) is 24.2 Å². The zero-order chi connectivity index (χ0) is 61.7. The molecule has 6 fully saturated rings. The molecular formula is C71H88N3O13P. The van der Waals surface area contributed by atoms with Crippen LogP contribution in [0.5, 0.6) is 11.5 Å². The van der Waals surface area contributed by atoms with Gasteiger partial charge in [0.2, 0.25) is 5.78 Å². The maximum Gasteiger partial charge on any atom is 0.524 e. The van der Waals surface area contributed by atoms with Gasteiger partial charge in [-0.15, -0.1) is 0 Å². The maximum absolute atomic E-state index is 15.0. The Morgan fingerprint density at radius 2 is 1.58 bits per heavy atom. The summed E-state index contributed by atoms with van der Waals surface area (Å²) < 4.78 is 42.8. The lowest BCUT2D eigenvalue weighted by Crippen LogP contribution is -2.63. The maximum atomic E-state index is 15.0. The number of likely N-dealkylation sites (tertiary alicyclic amines) is 1. The molecule has 2 aliphatic heterocycles. The van der Waals surface area contributed by atoms with Gasteiger partial charge in [-0.2, -0.15) is 5.26 Å². The Bertz CT molecular complexity index is 3210. The molecule has 4 aromatic carbocycles. The first kappa shape index (κ1) is 63.7. The number of carbonyl (C=O) groups is 3. The largest absolute Gasteiger partial charge is 0.524 e. The van der Waals surface area contributed by atoms with E-state index in [9.17, 15) is 39.4 Å². The van der Waals surface area contributed by atoms with Crippen LogP contribution in [0, 0.1) is 51.8 Å². The molecular weight excluding hydrogens is 1130 g/mol. The molecule has 16 nitrogen and oxygen atoms in total. The number of nitrogens with zero attached hydrogens (tertiary/aromatic N) is 2. The van der Waals surface area contributed by atoms with Gasteiger partial charge in [-0.25, -0.2) is 9.36 Å². The van der Waals surface area contributed by atoms with Crippen LogP contribution in [0.2, 0.25) is 0 Å². The third-order valence-corrected chi connectivity index (χ3v) is 21.8. The van der Waals surface area contributed by atoms with E-state index >= 15 is 4.79 Å². The van der Waals surface area contributed by atoms with Crippen molar-refractivity contribution in [3.63, 3.8) is 0 Å². The summed E-state index contributed by atoms with van der Waals surface area (Å²) in [5.74, 6) is -0.714. The summed E-state index contributed by atoms with van der Waals surface area (Å²) in [5.41, 5.74) is 0.697. The Labute approximate surface area is 518 Å². The molecule has 2 heterocycles. The topological polar surface area (TPSA) is 234 Å². The van der Waals surface area contributed by atoms with Crippen molar-refractivity contribution >= 4 is 25.4 Å². The molecule has 0 spiro atoms. The summed E-state index contributed by atoms with van der Waals surface area (Å²) in [4.78, 5) is 63.2. The van der Waals surface area contributed by atoms with Gasteiger partial charge in [0, 0.05) is 41.3 Å². The Hall–Kier alpha value is -5.83. The molecule has 5 aliphatic carbocycles. The van der Waals surface area contributed by atoms with E-state index in [1.807, 2.05) is 42.5 Å². The molecule has 0 aromatic heterocycles. The van der Waals surface area contributed by atoms with Crippen molar-refractivity contribution in [1.82, 2.24) is 10.2 Å². The van der Waals surface area contributed by atoms with Crippen molar-refractivity contribution in [2.75, 3.05) is 39.3 Å². The van der Waals surface area contributed by atoms with Crippen LogP contribution in [0.4, 0.5) is 0 Å². The van der Waals surface area contributed by atoms with Gasteiger partial charge in [0.25, 0.3) is 0 Å². The second kappa shape index (κ2) is 27.3. The molecule has 470 valence electrons. The van der Waals surface area contributed by atoms with Gasteiger partial charge in [-0.05, 0) is 160 Å². The SMILES string of the molecule is C[C@]12C=CC(=O)C=C1CC[C@@H]1[C@@H]2[C@@H](O)C[C@@]2(C)[C@H]1C[C@H]1O[C@@H](C3CCCCC3)O[C@]12C(=O)COC(=O)c1ccc(OCc2cc(C(O)CNCCCCCCCCCN3CCC(C(C#N)(c4ccccc4)c4ccccc4)C3)ccc2OP(=O)(O)O)cc1. The lowest BCUT2D eigenvalue weighted by molar-refractivity contribution is -0.209. The summed E-state index contributed by atoms with van der Waals surface area (Å²) in [6.07, 6.45) is 18.7. The summed E-state index contributed by atoms with van der Waals surface area (Å²) in [6.45, 7) is 7.38. The summed E-state index contributed by atoms with van der Waals surface area (Å²) in [7, 11) is -4.96. The van der Waals surface area contributed by atoms with E-state index in [4.69, 9.17) is 23.5 Å². The molecule has 0 amide bonds.